The number of imidazole rings is 1. The molecule has 3 aromatic carbocycles. The summed E-state index contributed by atoms with van der Waals surface area (Å²) >= 11 is 0. The maximum Gasteiger partial charge on any atom is 0.254 e. The lowest BCUT2D eigenvalue weighted by molar-refractivity contribution is -0.117. The number of anilines is 1. The molecule has 0 spiro atoms. The average molecular weight is 600 g/mol. The third-order valence-corrected chi connectivity index (χ3v) is 7.42. The highest BCUT2D eigenvalue weighted by atomic mass is 16.5. The Morgan fingerprint density at radius 3 is 2.32 bits per heavy atom. The van der Waals surface area contributed by atoms with Crippen LogP contribution >= 0.6 is 0 Å². The number of morpholine rings is 1. The predicted molar refractivity (Wildman–Crippen MR) is 167 cm³/mol. The van der Waals surface area contributed by atoms with Crippen LogP contribution in [0.1, 0.15) is 10.4 Å². The Bertz CT molecular complexity index is 1550. The van der Waals surface area contributed by atoms with Crippen LogP contribution in [0, 0.1) is 0 Å². The maximum atomic E-state index is 13.6. The number of carbonyl (C=O) groups is 2. The molecule has 1 saturated heterocycles. The molecule has 44 heavy (non-hydrogen) atoms. The number of hydrogen-bond donors (Lipinski definition) is 1. The Kier molecular flexibility index (Phi) is 10.1. The van der Waals surface area contributed by atoms with Gasteiger partial charge in [0.25, 0.3) is 5.91 Å². The summed E-state index contributed by atoms with van der Waals surface area (Å²) in [6.45, 7) is 3.69. The van der Waals surface area contributed by atoms with Crippen LogP contribution in [0.15, 0.2) is 79.0 Å². The molecule has 230 valence electrons. The van der Waals surface area contributed by atoms with E-state index in [1.165, 1.54) is 0 Å². The van der Waals surface area contributed by atoms with Crippen LogP contribution in [0.4, 0.5) is 5.95 Å². The zero-order chi connectivity index (χ0) is 30.9. The number of nitrogens with one attached hydrogen (secondary N) is 1. The second kappa shape index (κ2) is 14.5. The molecule has 2 heterocycles. The van der Waals surface area contributed by atoms with Crippen molar-refractivity contribution in [1.82, 2.24) is 19.4 Å². The number of rotatable bonds is 12. The lowest BCUT2D eigenvalue weighted by Crippen LogP contribution is -2.45. The normalized spacial score (nSPS) is 13.2. The molecule has 11 heteroatoms. The minimum atomic E-state index is -0.374. The van der Waals surface area contributed by atoms with Crippen molar-refractivity contribution in [3.63, 3.8) is 0 Å². The van der Waals surface area contributed by atoms with Crippen LogP contribution in [-0.2, 0) is 9.53 Å². The molecular weight excluding hydrogens is 562 g/mol. The molecule has 1 aliphatic rings. The summed E-state index contributed by atoms with van der Waals surface area (Å²) in [6.07, 6.45) is 1.85. The van der Waals surface area contributed by atoms with E-state index in [4.69, 9.17) is 23.9 Å². The summed E-state index contributed by atoms with van der Waals surface area (Å²) in [5, 5.41) is 2.95. The molecule has 4 aromatic rings. The summed E-state index contributed by atoms with van der Waals surface area (Å²) in [6, 6.07) is 22.0. The minimum Gasteiger partial charge on any atom is -0.497 e. The molecule has 0 saturated carbocycles. The molecule has 0 aliphatic carbocycles. The number of nitrogens with zero attached hydrogens (tertiary/aromatic N) is 4. The van der Waals surface area contributed by atoms with E-state index in [0.717, 1.165) is 18.7 Å². The van der Waals surface area contributed by atoms with E-state index in [-0.39, 0.29) is 18.4 Å². The van der Waals surface area contributed by atoms with Crippen LogP contribution in [0.3, 0.4) is 0 Å². The largest absolute Gasteiger partial charge is 0.497 e. The number of carbonyl (C=O) groups excluding carboxylic acids is 2. The van der Waals surface area contributed by atoms with Gasteiger partial charge < -0.3 is 23.8 Å². The van der Waals surface area contributed by atoms with Crippen molar-refractivity contribution in [2.24, 2.45) is 0 Å². The first-order valence-electron chi connectivity index (χ1n) is 14.4. The maximum absolute atomic E-state index is 13.6. The van der Waals surface area contributed by atoms with E-state index in [1.54, 1.807) is 61.1 Å². The number of methoxy groups -OCH3 is 3. The summed E-state index contributed by atoms with van der Waals surface area (Å²) < 4.78 is 23.4. The highest BCUT2D eigenvalue weighted by Gasteiger charge is 2.23. The van der Waals surface area contributed by atoms with Gasteiger partial charge in [0.15, 0.2) is 11.5 Å². The lowest BCUT2D eigenvalue weighted by atomic mass is 10.2. The fraction of sp³-hybridized carbons (Fsp3) is 0.303. The van der Waals surface area contributed by atoms with Crippen molar-refractivity contribution in [2.45, 2.75) is 0 Å². The van der Waals surface area contributed by atoms with E-state index < -0.39 is 0 Å². The van der Waals surface area contributed by atoms with Crippen LogP contribution in [0.25, 0.3) is 16.9 Å². The highest BCUT2D eigenvalue weighted by Crippen LogP contribution is 2.32. The molecule has 1 N–H and O–H groups in total. The monoisotopic (exact) mass is 599 g/mol. The topological polar surface area (TPSA) is 107 Å². The first kappa shape index (κ1) is 30.6. The fourth-order valence-electron chi connectivity index (χ4n) is 4.98. The van der Waals surface area contributed by atoms with Gasteiger partial charge in [0.05, 0.1) is 45.9 Å². The van der Waals surface area contributed by atoms with Crippen LogP contribution < -0.4 is 19.5 Å². The van der Waals surface area contributed by atoms with Crippen molar-refractivity contribution >= 4 is 17.8 Å². The van der Waals surface area contributed by atoms with Gasteiger partial charge in [-0.3, -0.25) is 24.4 Å². The van der Waals surface area contributed by atoms with Crippen molar-refractivity contribution < 1.29 is 28.5 Å². The Hall–Kier alpha value is -4.87. The quantitative estimate of drug-likeness (QED) is 0.261. The second-order valence-electron chi connectivity index (χ2n) is 10.2. The van der Waals surface area contributed by atoms with Gasteiger partial charge in [-0.2, -0.15) is 0 Å². The molecule has 0 bridgehead atoms. The van der Waals surface area contributed by atoms with Gasteiger partial charge in [-0.1, -0.05) is 30.3 Å². The third kappa shape index (κ3) is 7.36. The van der Waals surface area contributed by atoms with Gasteiger partial charge in [0.2, 0.25) is 11.9 Å². The van der Waals surface area contributed by atoms with E-state index in [0.29, 0.717) is 66.4 Å². The van der Waals surface area contributed by atoms with E-state index in [9.17, 15) is 9.59 Å². The van der Waals surface area contributed by atoms with Gasteiger partial charge >= 0.3 is 0 Å². The summed E-state index contributed by atoms with van der Waals surface area (Å²) in [4.78, 5) is 35.8. The number of benzene rings is 3. The SMILES string of the molecule is COc1ccc(C(=O)N(CCN2CCOCC2)CC(=O)Nc2nc(-c3ccccc3)cn2-c2ccc(OC)c(OC)c2)cc1. The first-order chi connectivity index (χ1) is 21.5. The van der Waals surface area contributed by atoms with Crippen molar-refractivity contribution in [3.8, 4) is 34.2 Å². The van der Waals surface area contributed by atoms with Gasteiger partial charge in [0, 0.05) is 49.6 Å². The molecule has 1 fully saturated rings. The molecule has 1 aliphatic heterocycles. The Labute approximate surface area is 256 Å². The molecule has 0 unspecified atom stereocenters. The smallest absolute Gasteiger partial charge is 0.254 e. The zero-order valence-corrected chi connectivity index (χ0v) is 25.2. The number of aromatic nitrogens is 2. The molecule has 1 aromatic heterocycles. The van der Waals surface area contributed by atoms with Crippen molar-refractivity contribution in [3.05, 3.63) is 84.6 Å². The molecular formula is C33H37N5O6. The molecule has 2 amide bonds. The van der Waals surface area contributed by atoms with Gasteiger partial charge in [-0.25, -0.2) is 4.98 Å². The molecule has 0 atom stereocenters. The van der Waals surface area contributed by atoms with Gasteiger partial charge in [-0.15, -0.1) is 0 Å². The Morgan fingerprint density at radius 2 is 1.64 bits per heavy atom. The lowest BCUT2D eigenvalue weighted by Gasteiger charge is -2.30. The fourth-order valence-corrected chi connectivity index (χ4v) is 4.98. The third-order valence-electron chi connectivity index (χ3n) is 7.42. The van der Waals surface area contributed by atoms with Crippen LogP contribution in [0.2, 0.25) is 0 Å². The molecule has 11 nitrogen and oxygen atoms in total. The predicted octanol–water partition coefficient (Wildman–Crippen LogP) is 3.98. The van der Waals surface area contributed by atoms with Crippen LogP contribution in [-0.4, -0.2) is 98.4 Å². The average Bonchev–Trinajstić information content (AvgIpc) is 3.50. The van der Waals surface area contributed by atoms with Crippen molar-refractivity contribution in [2.75, 3.05) is 72.6 Å². The summed E-state index contributed by atoms with van der Waals surface area (Å²) in [5.74, 6) is 1.46. The first-order valence-corrected chi connectivity index (χ1v) is 14.4. The molecule has 0 radical (unpaired) electrons. The Morgan fingerprint density at radius 1 is 0.909 bits per heavy atom. The highest BCUT2D eigenvalue weighted by molar-refractivity contribution is 5.99. The number of hydrogen-bond acceptors (Lipinski definition) is 8. The van der Waals surface area contributed by atoms with Crippen LogP contribution in [0.5, 0.6) is 17.2 Å². The summed E-state index contributed by atoms with van der Waals surface area (Å²) in [5.41, 5.74) is 2.75. The molecule has 5 rings (SSSR count). The summed E-state index contributed by atoms with van der Waals surface area (Å²) in [7, 11) is 4.72. The van der Waals surface area contributed by atoms with E-state index >= 15 is 0 Å². The van der Waals surface area contributed by atoms with Gasteiger partial charge in [0.1, 0.15) is 12.3 Å². The van der Waals surface area contributed by atoms with Crippen molar-refractivity contribution in [1.29, 1.82) is 0 Å². The van der Waals surface area contributed by atoms with E-state index in [2.05, 4.69) is 10.2 Å². The standard InChI is InChI=1S/C33H37N5O6/c1-41-27-12-9-25(10-13-27)32(40)37(16-15-36-17-19-44-20-18-36)23-31(39)35-33-34-28(24-7-5-4-6-8-24)22-38(33)26-11-14-29(42-2)30(21-26)43-3/h4-14,21-22H,15-20,23H2,1-3H3,(H,34,35,39). The second-order valence-corrected chi connectivity index (χ2v) is 10.2. The van der Waals surface area contributed by atoms with Gasteiger partial charge in [-0.05, 0) is 36.4 Å². The zero-order valence-electron chi connectivity index (χ0n) is 25.2. The van der Waals surface area contributed by atoms with E-state index in [1.807, 2.05) is 48.7 Å². The number of ether oxygens (including phenoxy) is 4. The minimum absolute atomic E-state index is 0.158. The Balaban J connectivity index is 1.41. The number of amides is 2.